The molecule has 5 heteroatoms. The van der Waals surface area contributed by atoms with Crippen molar-refractivity contribution < 1.29 is 5.11 Å². The lowest BCUT2D eigenvalue weighted by Gasteiger charge is -2.28. The van der Waals surface area contributed by atoms with Gasteiger partial charge in [-0.1, -0.05) is 6.42 Å². The van der Waals surface area contributed by atoms with Crippen LogP contribution in [0.3, 0.4) is 0 Å². The standard InChI is InChI=1S/C12H22N4O/c1-9(2)16-12(14-8-15-16)7-11(17)10-5-3-4-6-13-10/h8-11,13,17H,3-7H2,1-2H3. The molecule has 2 atom stereocenters. The lowest BCUT2D eigenvalue weighted by molar-refractivity contribution is 0.110. The van der Waals surface area contributed by atoms with E-state index in [1.165, 1.54) is 12.8 Å². The molecule has 0 amide bonds. The molecule has 1 aromatic heterocycles. The maximum atomic E-state index is 10.2. The van der Waals surface area contributed by atoms with E-state index >= 15 is 0 Å². The predicted octanol–water partition coefficient (Wildman–Crippen LogP) is 0.905. The smallest absolute Gasteiger partial charge is 0.138 e. The number of aromatic nitrogens is 3. The number of hydrogen-bond acceptors (Lipinski definition) is 4. The molecule has 5 nitrogen and oxygen atoms in total. The van der Waals surface area contributed by atoms with Crippen LogP contribution >= 0.6 is 0 Å². The van der Waals surface area contributed by atoms with Gasteiger partial charge in [0, 0.05) is 18.5 Å². The summed E-state index contributed by atoms with van der Waals surface area (Å²) in [6, 6.07) is 0.500. The van der Waals surface area contributed by atoms with Crippen molar-refractivity contribution in [3.05, 3.63) is 12.2 Å². The van der Waals surface area contributed by atoms with E-state index in [2.05, 4.69) is 29.2 Å². The monoisotopic (exact) mass is 238 g/mol. The minimum Gasteiger partial charge on any atom is -0.391 e. The summed E-state index contributed by atoms with van der Waals surface area (Å²) in [5, 5.41) is 17.8. The lowest BCUT2D eigenvalue weighted by atomic mass is 9.98. The van der Waals surface area contributed by atoms with Crippen molar-refractivity contribution in [2.75, 3.05) is 6.54 Å². The zero-order valence-corrected chi connectivity index (χ0v) is 10.6. The number of hydrogen-bond donors (Lipinski definition) is 2. The molecule has 2 heterocycles. The van der Waals surface area contributed by atoms with Crippen LogP contribution in [0.1, 0.15) is 45.0 Å². The highest BCUT2D eigenvalue weighted by Crippen LogP contribution is 2.14. The van der Waals surface area contributed by atoms with E-state index in [9.17, 15) is 5.11 Å². The van der Waals surface area contributed by atoms with Gasteiger partial charge in [0.2, 0.25) is 0 Å². The summed E-state index contributed by atoms with van der Waals surface area (Å²) in [5.74, 6) is 0.875. The molecule has 17 heavy (non-hydrogen) atoms. The molecular weight excluding hydrogens is 216 g/mol. The van der Waals surface area contributed by atoms with Gasteiger partial charge in [0.25, 0.3) is 0 Å². The molecule has 0 spiro atoms. The van der Waals surface area contributed by atoms with Gasteiger partial charge in [0.15, 0.2) is 0 Å². The Balaban J connectivity index is 1.97. The minimum absolute atomic E-state index is 0.209. The van der Waals surface area contributed by atoms with Crippen LogP contribution in [0.4, 0.5) is 0 Å². The number of aliphatic hydroxyl groups excluding tert-OH is 1. The summed E-state index contributed by atoms with van der Waals surface area (Å²) in [6.07, 6.45) is 5.25. The van der Waals surface area contributed by atoms with E-state index in [-0.39, 0.29) is 12.1 Å². The van der Waals surface area contributed by atoms with E-state index < -0.39 is 0 Å². The quantitative estimate of drug-likeness (QED) is 0.818. The highest BCUT2D eigenvalue weighted by Gasteiger charge is 2.23. The zero-order valence-electron chi connectivity index (χ0n) is 10.6. The summed E-state index contributed by atoms with van der Waals surface area (Å²) in [4.78, 5) is 4.24. The zero-order chi connectivity index (χ0) is 12.3. The second-order valence-electron chi connectivity index (χ2n) is 5.04. The van der Waals surface area contributed by atoms with Crippen molar-refractivity contribution in [1.82, 2.24) is 20.1 Å². The summed E-state index contributed by atoms with van der Waals surface area (Å²) < 4.78 is 1.88. The van der Waals surface area contributed by atoms with Crippen molar-refractivity contribution >= 4 is 0 Å². The van der Waals surface area contributed by atoms with Gasteiger partial charge < -0.3 is 10.4 Å². The van der Waals surface area contributed by atoms with Gasteiger partial charge in [-0.15, -0.1) is 0 Å². The van der Waals surface area contributed by atoms with Crippen molar-refractivity contribution in [1.29, 1.82) is 0 Å². The first-order valence-corrected chi connectivity index (χ1v) is 6.48. The number of nitrogens with one attached hydrogen (secondary N) is 1. The Hall–Kier alpha value is -0.940. The van der Waals surface area contributed by atoms with Crippen LogP contribution in [0.15, 0.2) is 6.33 Å². The van der Waals surface area contributed by atoms with Crippen LogP contribution in [-0.4, -0.2) is 38.6 Å². The fourth-order valence-electron chi connectivity index (χ4n) is 2.39. The molecular formula is C12H22N4O. The third-order valence-corrected chi connectivity index (χ3v) is 3.34. The Morgan fingerprint density at radius 1 is 1.53 bits per heavy atom. The van der Waals surface area contributed by atoms with Crippen LogP contribution in [-0.2, 0) is 6.42 Å². The van der Waals surface area contributed by atoms with Crippen LogP contribution < -0.4 is 5.32 Å². The number of nitrogens with zero attached hydrogens (tertiary/aromatic N) is 3. The van der Waals surface area contributed by atoms with E-state index in [0.29, 0.717) is 12.5 Å². The SMILES string of the molecule is CC(C)n1ncnc1CC(O)C1CCCCN1. The Morgan fingerprint density at radius 3 is 3.00 bits per heavy atom. The van der Waals surface area contributed by atoms with Crippen molar-refractivity contribution in [2.45, 2.75) is 57.7 Å². The van der Waals surface area contributed by atoms with E-state index in [1.54, 1.807) is 6.33 Å². The molecule has 2 rings (SSSR count). The Morgan fingerprint density at radius 2 is 2.35 bits per heavy atom. The largest absolute Gasteiger partial charge is 0.391 e. The van der Waals surface area contributed by atoms with Gasteiger partial charge in [-0.05, 0) is 33.2 Å². The second-order valence-corrected chi connectivity index (χ2v) is 5.04. The maximum absolute atomic E-state index is 10.2. The van der Waals surface area contributed by atoms with Gasteiger partial charge in [0.05, 0.1) is 6.10 Å². The summed E-state index contributed by atoms with van der Waals surface area (Å²) in [6.45, 7) is 5.16. The minimum atomic E-state index is -0.364. The van der Waals surface area contributed by atoms with Gasteiger partial charge in [-0.2, -0.15) is 5.10 Å². The summed E-state index contributed by atoms with van der Waals surface area (Å²) in [7, 11) is 0. The first-order valence-electron chi connectivity index (χ1n) is 6.48. The average Bonchev–Trinajstić information content (AvgIpc) is 2.78. The predicted molar refractivity (Wildman–Crippen MR) is 65.8 cm³/mol. The van der Waals surface area contributed by atoms with Gasteiger partial charge in [0.1, 0.15) is 12.2 Å². The molecule has 0 bridgehead atoms. The van der Waals surface area contributed by atoms with Gasteiger partial charge >= 0.3 is 0 Å². The van der Waals surface area contributed by atoms with Crippen molar-refractivity contribution in [3.8, 4) is 0 Å². The number of aliphatic hydroxyl groups is 1. The third kappa shape index (κ3) is 3.04. The van der Waals surface area contributed by atoms with E-state index in [0.717, 1.165) is 18.8 Å². The lowest BCUT2D eigenvalue weighted by Crippen LogP contribution is -2.44. The molecule has 1 aliphatic heterocycles. The van der Waals surface area contributed by atoms with Crippen LogP contribution in [0.5, 0.6) is 0 Å². The van der Waals surface area contributed by atoms with Crippen LogP contribution in [0, 0.1) is 0 Å². The molecule has 96 valence electrons. The normalized spacial score (nSPS) is 22.9. The van der Waals surface area contributed by atoms with Gasteiger partial charge in [-0.3, -0.25) is 0 Å². The number of rotatable bonds is 4. The molecule has 0 aliphatic carbocycles. The molecule has 2 N–H and O–H groups in total. The average molecular weight is 238 g/mol. The maximum Gasteiger partial charge on any atom is 0.138 e. The first kappa shape index (κ1) is 12.5. The molecule has 0 saturated carbocycles. The molecule has 1 aliphatic rings. The Bertz CT molecular complexity index is 344. The molecule has 1 aromatic rings. The summed E-state index contributed by atoms with van der Waals surface area (Å²) >= 11 is 0. The molecule has 1 saturated heterocycles. The Kier molecular flexibility index (Phi) is 4.12. The van der Waals surface area contributed by atoms with Crippen LogP contribution in [0.25, 0.3) is 0 Å². The highest BCUT2D eigenvalue weighted by atomic mass is 16.3. The fraction of sp³-hybridized carbons (Fsp3) is 0.833. The second kappa shape index (κ2) is 5.60. The van der Waals surface area contributed by atoms with E-state index in [1.807, 2.05) is 4.68 Å². The summed E-state index contributed by atoms with van der Waals surface area (Å²) in [5.41, 5.74) is 0. The topological polar surface area (TPSA) is 63.0 Å². The van der Waals surface area contributed by atoms with Gasteiger partial charge in [-0.25, -0.2) is 9.67 Å². The van der Waals surface area contributed by atoms with E-state index in [4.69, 9.17) is 0 Å². The molecule has 1 fully saturated rings. The third-order valence-electron chi connectivity index (χ3n) is 3.34. The molecule has 0 aromatic carbocycles. The highest BCUT2D eigenvalue weighted by molar-refractivity contribution is 4.93. The molecule has 2 unspecified atom stereocenters. The number of piperidine rings is 1. The first-order chi connectivity index (χ1) is 8.18. The van der Waals surface area contributed by atoms with Crippen molar-refractivity contribution in [3.63, 3.8) is 0 Å². The molecule has 0 radical (unpaired) electrons. The Labute approximate surface area is 102 Å². The van der Waals surface area contributed by atoms with Crippen LogP contribution in [0.2, 0.25) is 0 Å². The van der Waals surface area contributed by atoms with Crippen molar-refractivity contribution in [2.24, 2.45) is 0 Å². The fourth-order valence-corrected chi connectivity index (χ4v) is 2.39.